The quantitative estimate of drug-likeness (QED) is 0.659. The zero-order valence-electron chi connectivity index (χ0n) is 13.7. The molecule has 1 saturated heterocycles. The summed E-state index contributed by atoms with van der Waals surface area (Å²) in [4.78, 5) is 4.03. The topological polar surface area (TPSA) is 111 Å². The summed E-state index contributed by atoms with van der Waals surface area (Å²) >= 11 is 9.74. The molecule has 0 saturated carbocycles. The third-order valence-electron chi connectivity index (χ3n) is 3.35. The van der Waals surface area contributed by atoms with E-state index in [4.69, 9.17) is 25.6 Å². The molecule has 2 unspecified atom stereocenters. The van der Waals surface area contributed by atoms with Crippen LogP contribution in [0.3, 0.4) is 0 Å². The van der Waals surface area contributed by atoms with Crippen LogP contribution in [0.25, 0.3) is 0 Å². The van der Waals surface area contributed by atoms with E-state index in [0.29, 0.717) is 24.4 Å². The van der Waals surface area contributed by atoms with Crippen LogP contribution in [0.5, 0.6) is 0 Å². The monoisotopic (exact) mass is 468 g/mol. The lowest BCUT2D eigenvalue weighted by molar-refractivity contribution is -0.189. The Hall–Kier alpha value is -1.01. The second-order valence-corrected chi connectivity index (χ2v) is 8.37. The Morgan fingerprint density at radius 1 is 1.50 bits per heavy atom. The Kier molecular flexibility index (Phi) is 7.19. The lowest BCUT2D eigenvalue weighted by Gasteiger charge is -2.29. The summed E-state index contributed by atoms with van der Waals surface area (Å²) in [5.74, 6) is -1.02. The zero-order chi connectivity index (χ0) is 19.4. The summed E-state index contributed by atoms with van der Waals surface area (Å²) in [5, 5.41) is 9.86. The normalized spacial score (nSPS) is 22.7. The van der Waals surface area contributed by atoms with Crippen LogP contribution < -0.4 is 0 Å². The van der Waals surface area contributed by atoms with Gasteiger partial charge in [-0.1, -0.05) is 33.6 Å². The molecule has 3 rings (SSSR count). The Morgan fingerprint density at radius 3 is 2.69 bits per heavy atom. The van der Waals surface area contributed by atoms with Gasteiger partial charge in [0.25, 0.3) is 10.1 Å². The van der Waals surface area contributed by atoms with E-state index >= 15 is 0 Å². The first-order valence-corrected chi connectivity index (χ1v) is 10.4. The molecule has 1 fully saturated rings. The third-order valence-corrected chi connectivity index (χ3v) is 4.16. The van der Waals surface area contributed by atoms with Crippen molar-refractivity contribution in [3.05, 3.63) is 52.0 Å². The van der Waals surface area contributed by atoms with Crippen LogP contribution >= 0.6 is 27.5 Å². The van der Waals surface area contributed by atoms with Crippen molar-refractivity contribution in [3.63, 3.8) is 0 Å². The molecule has 2 aromatic rings. The van der Waals surface area contributed by atoms with Gasteiger partial charge in [-0.3, -0.25) is 4.55 Å². The van der Waals surface area contributed by atoms with E-state index in [2.05, 4.69) is 20.9 Å². The van der Waals surface area contributed by atoms with E-state index in [1.165, 1.54) is 0 Å². The molecule has 0 amide bonds. The molecule has 11 heteroatoms. The number of rotatable bonds is 4. The number of nitrogens with zero attached hydrogens (tertiary/aromatic N) is 2. The number of aliphatic hydroxyl groups is 1. The van der Waals surface area contributed by atoms with Gasteiger partial charge in [-0.2, -0.15) is 8.42 Å². The molecule has 1 aromatic carbocycles. The summed E-state index contributed by atoms with van der Waals surface area (Å²) in [7, 11) is -3.67. The van der Waals surface area contributed by atoms with Gasteiger partial charge < -0.3 is 19.1 Å². The number of aliphatic hydroxyl groups excluding tert-OH is 1. The van der Waals surface area contributed by atoms with E-state index in [9.17, 15) is 13.5 Å². The molecule has 2 atom stereocenters. The molecule has 2 heterocycles. The van der Waals surface area contributed by atoms with Crippen molar-refractivity contribution in [2.45, 2.75) is 18.4 Å². The highest BCUT2D eigenvalue weighted by Gasteiger charge is 2.44. The fourth-order valence-corrected chi connectivity index (χ4v) is 3.20. The minimum Gasteiger partial charge on any atom is -0.394 e. The predicted molar refractivity (Wildman–Crippen MR) is 98.4 cm³/mol. The van der Waals surface area contributed by atoms with E-state index in [-0.39, 0.29) is 12.7 Å². The van der Waals surface area contributed by atoms with Crippen LogP contribution in [0.2, 0.25) is 5.02 Å². The minimum absolute atomic E-state index is 0.0974. The number of ether oxygens (including phenoxy) is 2. The predicted octanol–water partition coefficient (Wildman–Crippen LogP) is 2.06. The van der Waals surface area contributed by atoms with Crippen molar-refractivity contribution in [1.82, 2.24) is 9.55 Å². The van der Waals surface area contributed by atoms with Gasteiger partial charge >= 0.3 is 0 Å². The van der Waals surface area contributed by atoms with E-state index < -0.39 is 15.9 Å². The van der Waals surface area contributed by atoms with Crippen molar-refractivity contribution >= 4 is 37.6 Å². The number of benzene rings is 1. The highest BCUT2D eigenvalue weighted by molar-refractivity contribution is 9.10. The summed E-state index contributed by atoms with van der Waals surface area (Å²) in [6.45, 7) is 0.627. The molecule has 26 heavy (non-hydrogen) atoms. The van der Waals surface area contributed by atoms with Crippen molar-refractivity contribution in [3.8, 4) is 0 Å². The van der Waals surface area contributed by atoms with Crippen LogP contribution in [0.15, 0.2) is 41.4 Å². The van der Waals surface area contributed by atoms with Gasteiger partial charge in [0.15, 0.2) is 0 Å². The number of halogens is 2. The van der Waals surface area contributed by atoms with Gasteiger partial charge in [0.1, 0.15) is 6.10 Å². The number of imidazole rings is 1. The molecule has 0 radical (unpaired) electrons. The van der Waals surface area contributed by atoms with Crippen LogP contribution in [-0.2, 0) is 31.9 Å². The van der Waals surface area contributed by atoms with Crippen LogP contribution in [0.4, 0.5) is 0 Å². The Balaban J connectivity index is 0.000000431. The molecule has 1 aliphatic heterocycles. The smallest absolute Gasteiger partial charge is 0.261 e. The summed E-state index contributed by atoms with van der Waals surface area (Å²) in [5.41, 5.74) is 0.733. The fourth-order valence-electron chi connectivity index (χ4n) is 2.38. The molecule has 0 spiro atoms. The average Bonchev–Trinajstić information content (AvgIpc) is 3.16. The lowest BCUT2D eigenvalue weighted by atomic mass is 10.1. The minimum atomic E-state index is -3.67. The molecule has 2 N–H and O–H groups in total. The molecule has 8 nitrogen and oxygen atoms in total. The van der Waals surface area contributed by atoms with E-state index in [1.54, 1.807) is 18.6 Å². The van der Waals surface area contributed by atoms with Crippen LogP contribution in [0, 0.1) is 0 Å². The molecular weight excluding hydrogens is 452 g/mol. The summed E-state index contributed by atoms with van der Waals surface area (Å²) in [6.07, 6.45) is 5.55. The maximum absolute atomic E-state index is 9.32. The number of aromatic nitrogens is 2. The standard InChI is InChI=1S/C14H14BrClN2O3.CH4O3S/c15-10-1-2-12(13(16)5-10)14(8-18-4-3-17-9-18)20-7-11(6-19)21-14;1-5(2,3)4/h1-5,9,11,19H,6-8H2;1H3,(H,2,3,4). The maximum Gasteiger partial charge on any atom is 0.261 e. The summed E-state index contributed by atoms with van der Waals surface area (Å²) in [6, 6.07) is 5.55. The van der Waals surface area contributed by atoms with Gasteiger partial charge in [0.05, 0.1) is 37.4 Å². The molecule has 0 bridgehead atoms. The van der Waals surface area contributed by atoms with Gasteiger partial charge in [0, 0.05) is 22.4 Å². The van der Waals surface area contributed by atoms with Crippen molar-refractivity contribution in [2.24, 2.45) is 0 Å². The Morgan fingerprint density at radius 2 is 2.19 bits per heavy atom. The van der Waals surface area contributed by atoms with Gasteiger partial charge in [0.2, 0.25) is 5.79 Å². The molecule has 1 aliphatic rings. The largest absolute Gasteiger partial charge is 0.394 e. The molecule has 144 valence electrons. The van der Waals surface area contributed by atoms with Crippen LogP contribution in [-0.4, -0.2) is 53.2 Å². The maximum atomic E-state index is 9.32. The Labute approximate surface area is 164 Å². The average molecular weight is 470 g/mol. The highest BCUT2D eigenvalue weighted by Crippen LogP contribution is 2.40. The molecule has 0 aliphatic carbocycles. The number of hydrogen-bond acceptors (Lipinski definition) is 6. The molecule has 1 aromatic heterocycles. The first-order chi connectivity index (χ1) is 12.1. The second-order valence-electron chi connectivity index (χ2n) is 5.58. The number of hydrogen-bond donors (Lipinski definition) is 2. The Bertz CT molecular complexity index is 825. The molecular formula is C15H18BrClN2O6S. The summed E-state index contributed by atoms with van der Waals surface area (Å²) < 4.78 is 40.5. The van der Waals surface area contributed by atoms with Crippen molar-refractivity contribution in [1.29, 1.82) is 0 Å². The third kappa shape index (κ3) is 6.02. The fraction of sp³-hybridized carbons (Fsp3) is 0.400. The van der Waals surface area contributed by atoms with Crippen molar-refractivity contribution < 1.29 is 27.6 Å². The zero-order valence-corrected chi connectivity index (χ0v) is 16.9. The second kappa shape index (κ2) is 8.79. The SMILES string of the molecule is CS(=O)(=O)O.OCC1COC(Cn2ccnc2)(c2ccc(Br)cc2Cl)O1. The van der Waals surface area contributed by atoms with Gasteiger partial charge in [-0.15, -0.1) is 0 Å². The first kappa shape index (κ1) is 21.3. The highest BCUT2D eigenvalue weighted by atomic mass is 79.9. The van der Waals surface area contributed by atoms with Gasteiger partial charge in [-0.05, 0) is 12.1 Å². The lowest BCUT2D eigenvalue weighted by Crippen LogP contribution is -2.34. The van der Waals surface area contributed by atoms with Crippen LogP contribution in [0.1, 0.15) is 5.56 Å². The van der Waals surface area contributed by atoms with E-state index in [0.717, 1.165) is 10.0 Å². The van der Waals surface area contributed by atoms with E-state index in [1.807, 2.05) is 22.9 Å². The van der Waals surface area contributed by atoms with Crippen molar-refractivity contribution in [2.75, 3.05) is 19.5 Å². The van der Waals surface area contributed by atoms with Gasteiger partial charge in [-0.25, -0.2) is 4.98 Å². The first-order valence-electron chi connectivity index (χ1n) is 7.39.